The molecule has 2 aromatic heterocycles. The van der Waals surface area contributed by atoms with E-state index in [1.165, 1.54) is 17.7 Å². The van der Waals surface area contributed by atoms with Crippen molar-refractivity contribution in [1.82, 2.24) is 15.2 Å². The molecule has 3 aromatic rings. The van der Waals surface area contributed by atoms with E-state index in [0.29, 0.717) is 10.8 Å². The number of rotatable bonds is 2. The van der Waals surface area contributed by atoms with Gasteiger partial charge >= 0.3 is 0 Å². The largest absolute Gasteiger partial charge is 0.506 e. The van der Waals surface area contributed by atoms with Crippen LogP contribution in [0.3, 0.4) is 0 Å². The first-order chi connectivity index (χ1) is 8.34. The normalized spacial score (nSPS) is 11.5. The summed E-state index contributed by atoms with van der Waals surface area (Å²) in [5.74, 6) is 0.677. The molecular formula is C11H8N4OS. The second kappa shape index (κ2) is 3.99. The Morgan fingerprint density at radius 2 is 2.24 bits per heavy atom. The van der Waals surface area contributed by atoms with Gasteiger partial charge in [-0.1, -0.05) is 12.1 Å². The SMILES string of the molecule is Oc1c(/C=N/c2ncn[nH]2)sc2ccccc12. The molecule has 3 rings (SSSR count). The van der Waals surface area contributed by atoms with Crippen molar-refractivity contribution in [3.63, 3.8) is 0 Å². The first-order valence-electron chi connectivity index (χ1n) is 4.94. The third kappa shape index (κ3) is 1.78. The summed E-state index contributed by atoms with van der Waals surface area (Å²) in [7, 11) is 0. The molecule has 2 heterocycles. The van der Waals surface area contributed by atoms with E-state index < -0.39 is 0 Å². The summed E-state index contributed by atoms with van der Waals surface area (Å²) >= 11 is 1.48. The zero-order chi connectivity index (χ0) is 11.7. The van der Waals surface area contributed by atoms with Crippen molar-refractivity contribution in [2.24, 2.45) is 4.99 Å². The number of hydrogen-bond acceptors (Lipinski definition) is 5. The summed E-state index contributed by atoms with van der Waals surface area (Å²) in [6.45, 7) is 0. The van der Waals surface area contributed by atoms with Crippen molar-refractivity contribution in [1.29, 1.82) is 0 Å². The molecule has 0 atom stereocenters. The third-order valence-electron chi connectivity index (χ3n) is 2.30. The number of fused-ring (bicyclic) bond motifs is 1. The monoisotopic (exact) mass is 244 g/mol. The van der Waals surface area contributed by atoms with Gasteiger partial charge in [0.25, 0.3) is 0 Å². The van der Waals surface area contributed by atoms with Gasteiger partial charge in [-0.15, -0.1) is 11.3 Å². The summed E-state index contributed by atoms with van der Waals surface area (Å²) in [5, 5.41) is 17.2. The van der Waals surface area contributed by atoms with Crippen LogP contribution in [-0.4, -0.2) is 26.5 Å². The van der Waals surface area contributed by atoms with Gasteiger partial charge in [0.05, 0.1) is 11.1 Å². The molecule has 2 N–H and O–H groups in total. The molecule has 0 saturated heterocycles. The van der Waals surface area contributed by atoms with Gasteiger partial charge < -0.3 is 5.11 Å². The molecule has 0 aliphatic heterocycles. The number of nitrogens with zero attached hydrogens (tertiary/aromatic N) is 3. The van der Waals surface area contributed by atoms with Crippen LogP contribution in [0.4, 0.5) is 5.95 Å². The first kappa shape index (κ1) is 9.98. The lowest BCUT2D eigenvalue weighted by molar-refractivity contribution is 0.483. The lowest BCUT2D eigenvalue weighted by Gasteiger charge is -1.89. The van der Waals surface area contributed by atoms with Crippen LogP contribution in [0.1, 0.15) is 4.88 Å². The highest BCUT2D eigenvalue weighted by Crippen LogP contribution is 2.35. The van der Waals surface area contributed by atoms with Crippen LogP contribution >= 0.6 is 11.3 Å². The summed E-state index contributed by atoms with van der Waals surface area (Å²) in [5.41, 5.74) is 0. The van der Waals surface area contributed by atoms with Gasteiger partial charge in [0.15, 0.2) is 0 Å². The number of nitrogens with one attached hydrogen (secondary N) is 1. The molecular weight excluding hydrogens is 236 g/mol. The van der Waals surface area contributed by atoms with Gasteiger partial charge in [-0.05, 0) is 12.1 Å². The second-order valence-electron chi connectivity index (χ2n) is 3.38. The highest BCUT2D eigenvalue weighted by Gasteiger charge is 2.08. The van der Waals surface area contributed by atoms with Gasteiger partial charge in [0.2, 0.25) is 5.95 Å². The molecule has 0 saturated carbocycles. The van der Waals surface area contributed by atoms with Crippen LogP contribution in [0, 0.1) is 0 Å². The maximum atomic E-state index is 9.99. The predicted octanol–water partition coefficient (Wildman–Crippen LogP) is 2.48. The van der Waals surface area contributed by atoms with Gasteiger partial charge in [-0.2, -0.15) is 10.1 Å². The average molecular weight is 244 g/mol. The van der Waals surface area contributed by atoms with Crippen molar-refractivity contribution in [2.45, 2.75) is 0 Å². The van der Waals surface area contributed by atoms with E-state index in [-0.39, 0.29) is 5.75 Å². The second-order valence-corrected chi connectivity index (χ2v) is 4.46. The van der Waals surface area contributed by atoms with Gasteiger partial charge in [0.1, 0.15) is 12.1 Å². The number of benzene rings is 1. The van der Waals surface area contributed by atoms with Crippen molar-refractivity contribution in [2.75, 3.05) is 0 Å². The lowest BCUT2D eigenvalue weighted by Crippen LogP contribution is -1.75. The maximum absolute atomic E-state index is 9.99. The van der Waals surface area contributed by atoms with Gasteiger partial charge in [-0.3, -0.25) is 0 Å². The minimum absolute atomic E-state index is 0.258. The summed E-state index contributed by atoms with van der Waals surface area (Å²) < 4.78 is 1.03. The fraction of sp³-hybridized carbons (Fsp3) is 0. The molecule has 0 spiro atoms. The van der Waals surface area contributed by atoms with Crippen molar-refractivity contribution in [3.05, 3.63) is 35.5 Å². The number of H-pyrrole nitrogens is 1. The van der Waals surface area contributed by atoms with E-state index >= 15 is 0 Å². The maximum Gasteiger partial charge on any atom is 0.245 e. The molecule has 0 radical (unpaired) electrons. The molecule has 6 heteroatoms. The Morgan fingerprint density at radius 1 is 1.35 bits per heavy atom. The number of aromatic nitrogens is 3. The van der Waals surface area contributed by atoms with Crippen LogP contribution in [0.25, 0.3) is 10.1 Å². The number of thiophene rings is 1. The third-order valence-corrected chi connectivity index (χ3v) is 3.40. The quantitative estimate of drug-likeness (QED) is 0.680. The fourth-order valence-electron chi connectivity index (χ4n) is 1.52. The Balaban J connectivity index is 2.03. The smallest absolute Gasteiger partial charge is 0.245 e. The summed E-state index contributed by atoms with van der Waals surface area (Å²) in [6, 6.07) is 7.68. The van der Waals surface area contributed by atoms with E-state index in [1.54, 1.807) is 6.21 Å². The van der Waals surface area contributed by atoms with Crippen LogP contribution in [0.2, 0.25) is 0 Å². The highest BCUT2D eigenvalue weighted by atomic mass is 32.1. The van der Waals surface area contributed by atoms with E-state index in [4.69, 9.17) is 0 Å². The zero-order valence-corrected chi connectivity index (χ0v) is 9.48. The van der Waals surface area contributed by atoms with Crippen LogP contribution < -0.4 is 0 Å². The number of hydrogen-bond donors (Lipinski definition) is 2. The molecule has 0 amide bonds. The Kier molecular flexibility index (Phi) is 2.34. The van der Waals surface area contributed by atoms with Crippen LogP contribution in [-0.2, 0) is 0 Å². The average Bonchev–Trinajstić information content (AvgIpc) is 2.96. The number of aromatic amines is 1. The van der Waals surface area contributed by atoms with Crippen LogP contribution in [0.5, 0.6) is 5.75 Å². The van der Waals surface area contributed by atoms with E-state index in [9.17, 15) is 5.11 Å². The van der Waals surface area contributed by atoms with Crippen molar-refractivity contribution < 1.29 is 5.11 Å². The zero-order valence-electron chi connectivity index (χ0n) is 8.66. The summed E-state index contributed by atoms with van der Waals surface area (Å²) in [4.78, 5) is 8.67. The van der Waals surface area contributed by atoms with Crippen LogP contribution in [0.15, 0.2) is 35.6 Å². The molecule has 0 fully saturated rings. The lowest BCUT2D eigenvalue weighted by atomic mass is 10.2. The molecule has 0 bridgehead atoms. The highest BCUT2D eigenvalue weighted by molar-refractivity contribution is 7.21. The first-order valence-corrected chi connectivity index (χ1v) is 5.76. The van der Waals surface area contributed by atoms with Gasteiger partial charge in [-0.25, -0.2) is 10.1 Å². The molecule has 5 nitrogen and oxygen atoms in total. The van der Waals surface area contributed by atoms with Gasteiger partial charge in [0, 0.05) is 10.1 Å². The fourth-order valence-corrected chi connectivity index (χ4v) is 2.49. The standard InChI is InChI=1S/C11H8N4OS/c16-10-7-3-1-2-4-8(7)17-9(10)5-12-11-13-6-14-15-11/h1-6,16H,(H,13,14,15)/b12-5+. The molecule has 0 aliphatic rings. The molecule has 84 valence electrons. The number of aliphatic imine (C=N–C) groups is 1. The summed E-state index contributed by atoms with van der Waals surface area (Å²) in [6.07, 6.45) is 2.97. The van der Waals surface area contributed by atoms with Crippen molar-refractivity contribution >= 4 is 33.6 Å². The number of aromatic hydroxyl groups is 1. The molecule has 1 aromatic carbocycles. The predicted molar refractivity (Wildman–Crippen MR) is 67.1 cm³/mol. The minimum Gasteiger partial charge on any atom is -0.506 e. The van der Waals surface area contributed by atoms with E-state index in [0.717, 1.165) is 10.1 Å². The minimum atomic E-state index is 0.258. The van der Waals surface area contributed by atoms with E-state index in [1.807, 2.05) is 24.3 Å². The Bertz CT molecular complexity index is 672. The Hall–Kier alpha value is -2.21. The topological polar surface area (TPSA) is 74.2 Å². The molecule has 17 heavy (non-hydrogen) atoms. The molecule has 0 aliphatic carbocycles. The van der Waals surface area contributed by atoms with E-state index in [2.05, 4.69) is 20.2 Å². The Labute approximate surface area is 100 Å². The van der Waals surface area contributed by atoms with Crippen molar-refractivity contribution in [3.8, 4) is 5.75 Å². The molecule has 0 unspecified atom stereocenters. The Morgan fingerprint density at radius 3 is 3.00 bits per heavy atom.